The Labute approximate surface area is 155 Å². The van der Waals surface area contributed by atoms with Crippen molar-refractivity contribution in [2.24, 2.45) is 5.73 Å². The molecule has 2 aliphatic carbocycles. The Kier molecular flexibility index (Phi) is 6.45. The third-order valence-corrected chi connectivity index (χ3v) is 6.61. The highest BCUT2D eigenvalue weighted by atomic mass is 35.5. The number of carbonyl (C=O) groups is 1. The Balaban J connectivity index is 0.00000225. The van der Waals surface area contributed by atoms with Gasteiger partial charge in [0.05, 0.1) is 22.2 Å². The molecule has 0 bridgehead atoms. The van der Waals surface area contributed by atoms with Crippen molar-refractivity contribution in [1.29, 1.82) is 0 Å². The highest BCUT2D eigenvalue weighted by Crippen LogP contribution is 2.40. The van der Waals surface area contributed by atoms with Gasteiger partial charge in [0.1, 0.15) is 9.84 Å². The zero-order chi connectivity index (χ0) is 17.3. The minimum Gasteiger partial charge on any atom is -0.349 e. The smallest absolute Gasteiger partial charge is 0.253 e. The Morgan fingerprint density at radius 1 is 1.28 bits per heavy atom. The van der Waals surface area contributed by atoms with Gasteiger partial charge >= 0.3 is 0 Å². The molecule has 6 nitrogen and oxygen atoms in total. The highest BCUT2D eigenvalue weighted by Gasteiger charge is 2.32. The minimum atomic E-state index is -3.06. The lowest BCUT2D eigenvalue weighted by Gasteiger charge is -2.28. The Morgan fingerprint density at radius 2 is 2.00 bits per heavy atom. The summed E-state index contributed by atoms with van der Waals surface area (Å²) in [7, 11) is -3.06. The van der Waals surface area contributed by atoms with Crippen molar-refractivity contribution in [2.75, 3.05) is 6.26 Å². The first-order chi connectivity index (χ1) is 11.4. The lowest BCUT2D eigenvalue weighted by atomic mass is 9.94. The molecular weight excluding hydrogens is 362 g/mol. The van der Waals surface area contributed by atoms with Gasteiger partial charge in [0, 0.05) is 24.8 Å². The number of aromatic nitrogens is 1. The monoisotopic (exact) mass is 387 g/mol. The van der Waals surface area contributed by atoms with Gasteiger partial charge in [-0.15, -0.1) is 12.4 Å². The van der Waals surface area contributed by atoms with E-state index in [0.29, 0.717) is 30.9 Å². The van der Waals surface area contributed by atoms with Crippen LogP contribution in [-0.4, -0.2) is 36.9 Å². The van der Waals surface area contributed by atoms with E-state index in [4.69, 9.17) is 5.73 Å². The molecule has 2 aliphatic rings. The lowest BCUT2D eigenvalue weighted by Crippen LogP contribution is -2.42. The van der Waals surface area contributed by atoms with E-state index in [9.17, 15) is 13.2 Å². The fourth-order valence-corrected chi connectivity index (χ4v) is 4.60. The third kappa shape index (κ3) is 4.92. The summed E-state index contributed by atoms with van der Waals surface area (Å²) in [6.07, 6.45) is 6.22. The number of nitrogens with one attached hydrogen (secondary N) is 1. The van der Waals surface area contributed by atoms with Crippen molar-refractivity contribution in [3.63, 3.8) is 0 Å². The second-order valence-corrected chi connectivity index (χ2v) is 9.33. The summed E-state index contributed by atoms with van der Waals surface area (Å²) in [4.78, 5) is 17.2. The van der Waals surface area contributed by atoms with Crippen LogP contribution >= 0.6 is 12.4 Å². The van der Waals surface area contributed by atoms with E-state index in [1.807, 2.05) is 0 Å². The van der Waals surface area contributed by atoms with Crippen molar-refractivity contribution in [1.82, 2.24) is 10.3 Å². The predicted molar refractivity (Wildman–Crippen MR) is 99.7 cm³/mol. The van der Waals surface area contributed by atoms with Crippen LogP contribution in [0.2, 0.25) is 0 Å². The van der Waals surface area contributed by atoms with Crippen LogP contribution in [0.3, 0.4) is 0 Å². The van der Waals surface area contributed by atoms with Gasteiger partial charge in [-0.1, -0.05) is 6.42 Å². The van der Waals surface area contributed by atoms with Gasteiger partial charge in [0.15, 0.2) is 0 Å². The maximum atomic E-state index is 12.7. The number of rotatable bonds is 5. The van der Waals surface area contributed by atoms with Gasteiger partial charge in [0.25, 0.3) is 5.91 Å². The van der Waals surface area contributed by atoms with Crippen LogP contribution in [0, 0.1) is 0 Å². The van der Waals surface area contributed by atoms with Crippen LogP contribution in [0.25, 0.3) is 0 Å². The van der Waals surface area contributed by atoms with Crippen LogP contribution < -0.4 is 11.1 Å². The zero-order valence-electron chi connectivity index (χ0n) is 14.4. The molecule has 1 aromatic heterocycles. The number of halogens is 1. The number of nitrogens with zero attached hydrogens (tertiary/aromatic N) is 1. The summed E-state index contributed by atoms with van der Waals surface area (Å²) in [5.41, 5.74) is 7.89. The van der Waals surface area contributed by atoms with E-state index in [-0.39, 0.29) is 29.6 Å². The predicted octanol–water partition coefficient (Wildman–Crippen LogP) is 1.93. The van der Waals surface area contributed by atoms with Crippen LogP contribution in [0.5, 0.6) is 0 Å². The minimum absolute atomic E-state index is 0. The molecule has 2 unspecified atom stereocenters. The lowest BCUT2D eigenvalue weighted by molar-refractivity contribution is 0.0926. The van der Waals surface area contributed by atoms with Gasteiger partial charge in [-0.05, 0) is 44.2 Å². The molecule has 2 saturated carbocycles. The maximum Gasteiger partial charge on any atom is 0.253 e. The van der Waals surface area contributed by atoms with E-state index in [0.717, 1.165) is 37.1 Å². The second kappa shape index (κ2) is 8.01. The fourth-order valence-electron chi connectivity index (χ4n) is 3.42. The molecule has 0 spiro atoms. The first-order valence-corrected chi connectivity index (χ1v) is 10.5. The van der Waals surface area contributed by atoms with E-state index < -0.39 is 9.84 Å². The van der Waals surface area contributed by atoms with Crippen molar-refractivity contribution < 1.29 is 13.2 Å². The van der Waals surface area contributed by atoms with Gasteiger partial charge in [0.2, 0.25) is 0 Å². The molecule has 2 atom stereocenters. The van der Waals surface area contributed by atoms with E-state index in [1.165, 1.54) is 6.26 Å². The average Bonchev–Trinajstić information content (AvgIpc) is 3.38. The maximum absolute atomic E-state index is 12.7. The molecule has 1 aromatic rings. The largest absolute Gasteiger partial charge is 0.349 e. The number of amides is 1. The van der Waals surface area contributed by atoms with Gasteiger partial charge in [-0.3, -0.25) is 9.78 Å². The molecule has 140 valence electrons. The summed E-state index contributed by atoms with van der Waals surface area (Å²) in [5.74, 6) is 0.208. The molecule has 1 amide bonds. The van der Waals surface area contributed by atoms with Gasteiger partial charge in [-0.2, -0.15) is 0 Å². The van der Waals surface area contributed by atoms with Crippen molar-refractivity contribution in [3.05, 3.63) is 29.1 Å². The van der Waals surface area contributed by atoms with Crippen molar-refractivity contribution >= 4 is 28.2 Å². The van der Waals surface area contributed by atoms with Crippen LogP contribution in [0.4, 0.5) is 0 Å². The number of hydrogen-bond acceptors (Lipinski definition) is 5. The first kappa shape index (κ1) is 20.1. The van der Waals surface area contributed by atoms with Crippen molar-refractivity contribution in [3.8, 4) is 0 Å². The van der Waals surface area contributed by atoms with Crippen molar-refractivity contribution in [2.45, 2.75) is 62.3 Å². The summed E-state index contributed by atoms with van der Waals surface area (Å²) in [6.45, 7) is 0.361. The molecule has 0 aliphatic heterocycles. The van der Waals surface area contributed by atoms with Crippen LogP contribution in [0.1, 0.15) is 66.2 Å². The number of carbonyl (C=O) groups excluding carboxylic acids is 1. The first-order valence-electron chi connectivity index (χ1n) is 8.58. The molecule has 3 N–H and O–H groups in total. The van der Waals surface area contributed by atoms with Crippen LogP contribution in [-0.2, 0) is 16.4 Å². The Morgan fingerprint density at radius 3 is 2.60 bits per heavy atom. The summed E-state index contributed by atoms with van der Waals surface area (Å²) in [6, 6.07) is 3.50. The van der Waals surface area contributed by atoms with E-state index in [1.54, 1.807) is 12.1 Å². The molecule has 2 fully saturated rings. The standard InChI is InChI=1S/C17H25N3O3S.ClH/c1-24(22,23)14-4-2-3-12(9-14)20-17(21)15-8-7-13(10-18)19-16(15)11-5-6-11;/h7-8,11-12,14H,2-6,9-10,18H2,1H3,(H,20,21);1H. The molecule has 3 rings (SSSR count). The molecular formula is C17H26ClN3O3S. The normalized spacial score (nSPS) is 23.6. The summed E-state index contributed by atoms with van der Waals surface area (Å²) < 4.78 is 23.6. The van der Waals surface area contributed by atoms with Crippen LogP contribution in [0.15, 0.2) is 12.1 Å². The molecule has 0 aromatic carbocycles. The summed E-state index contributed by atoms with van der Waals surface area (Å²) >= 11 is 0. The highest BCUT2D eigenvalue weighted by molar-refractivity contribution is 7.91. The number of pyridine rings is 1. The Bertz CT molecular complexity index is 735. The quantitative estimate of drug-likeness (QED) is 0.803. The molecule has 8 heteroatoms. The van der Waals surface area contributed by atoms with Gasteiger partial charge in [-0.25, -0.2) is 8.42 Å². The van der Waals surface area contributed by atoms with E-state index >= 15 is 0 Å². The third-order valence-electron chi connectivity index (χ3n) is 4.97. The topological polar surface area (TPSA) is 102 Å². The average molecular weight is 388 g/mol. The number of hydrogen-bond donors (Lipinski definition) is 2. The molecule has 0 radical (unpaired) electrons. The summed E-state index contributed by atoms with van der Waals surface area (Å²) in [5, 5.41) is 2.67. The van der Waals surface area contributed by atoms with E-state index in [2.05, 4.69) is 10.3 Å². The fraction of sp³-hybridized carbons (Fsp3) is 0.647. The SMILES string of the molecule is CS(=O)(=O)C1CCCC(NC(=O)c2ccc(CN)nc2C2CC2)C1.Cl. The molecule has 0 saturated heterocycles. The Hall–Kier alpha value is -1.18. The number of sulfone groups is 1. The number of nitrogens with two attached hydrogens (primary N) is 1. The van der Waals surface area contributed by atoms with Gasteiger partial charge < -0.3 is 11.1 Å². The molecule has 1 heterocycles. The second-order valence-electron chi connectivity index (χ2n) is 7.00. The molecule has 25 heavy (non-hydrogen) atoms. The zero-order valence-corrected chi connectivity index (χ0v) is 16.0.